The molecule has 15 heavy (non-hydrogen) atoms. The maximum atomic E-state index is 5.69. The number of nitrogens with zero attached hydrogens (tertiary/aromatic N) is 1. The summed E-state index contributed by atoms with van der Waals surface area (Å²) in [6.45, 7) is 4.15. The zero-order valence-electron chi connectivity index (χ0n) is 8.93. The Morgan fingerprint density at radius 1 is 1.33 bits per heavy atom. The van der Waals surface area contributed by atoms with Crippen molar-refractivity contribution in [2.45, 2.75) is 17.1 Å². The summed E-state index contributed by atoms with van der Waals surface area (Å²) < 4.78 is 6.93. The standard InChI is InChI=1S/C12H16NO.Sn.H/c1-11-9-13(7-8-14-11)10-12-5-3-2-4-6-12;;/h2-6,11H,1,7-10H2;;. The van der Waals surface area contributed by atoms with Crippen molar-refractivity contribution in [2.24, 2.45) is 0 Å². The summed E-state index contributed by atoms with van der Waals surface area (Å²) in [6, 6.07) is 10.7. The second-order valence-corrected chi connectivity index (χ2v) is 5.29. The molecule has 1 aliphatic rings. The zero-order valence-corrected chi connectivity index (χ0v) is 12.2. The third kappa shape index (κ3) is 3.47. The van der Waals surface area contributed by atoms with E-state index in [1.807, 2.05) is 0 Å². The Labute approximate surface area is 105 Å². The van der Waals surface area contributed by atoms with E-state index in [2.05, 4.69) is 35.2 Å². The Kier molecular flexibility index (Phi) is 4.47. The quantitative estimate of drug-likeness (QED) is 0.778. The van der Waals surface area contributed by atoms with Crippen molar-refractivity contribution in [3.05, 3.63) is 35.9 Å². The van der Waals surface area contributed by atoms with E-state index in [4.69, 9.17) is 4.74 Å². The van der Waals surface area contributed by atoms with E-state index in [1.165, 1.54) is 32.5 Å². The topological polar surface area (TPSA) is 12.5 Å². The van der Waals surface area contributed by atoms with Gasteiger partial charge in [-0.25, -0.2) is 0 Å². The molecular weight excluding hydrogens is 293 g/mol. The van der Waals surface area contributed by atoms with Crippen molar-refractivity contribution in [2.75, 3.05) is 19.7 Å². The normalized spacial score (nSPS) is 22.9. The maximum absolute atomic E-state index is 5.69. The molecule has 3 heteroatoms. The molecule has 0 saturated carbocycles. The molecule has 1 atom stereocenters. The van der Waals surface area contributed by atoms with Gasteiger partial charge in [-0.3, -0.25) is 0 Å². The van der Waals surface area contributed by atoms with E-state index in [9.17, 15) is 0 Å². The van der Waals surface area contributed by atoms with Crippen LogP contribution < -0.4 is 0 Å². The van der Waals surface area contributed by atoms with Gasteiger partial charge in [-0.15, -0.1) is 0 Å². The Balaban J connectivity index is 1.89. The first-order valence-electron chi connectivity index (χ1n) is 5.46. The second kappa shape index (κ2) is 5.87. The number of morpholine rings is 1. The molecule has 0 aromatic heterocycles. The fourth-order valence-corrected chi connectivity index (χ4v) is 2.72. The summed E-state index contributed by atoms with van der Waals surface area (Å²) in [5.74, 6) is 0. The molecule has 0 aliphatic carbocycles. The van der Waals surface area contributed by atoms with Crippen molar-refractivity contribution < 1.29 is 4.74 Å². The van der Waals surface area contributed by atoms with Crippen LogP contribution in [-0.2, 0) is 11.3 Å². The van der Waals surface area contributed by atoms with Crippen LogP contribution in [0.5, 0.6) is 0 Å². The summed E-state index contributed by atoms with van der Waals surface area (Å²) in [5.41, 5.74) is 1.41. The van der Waals surface area contributed by atoms with E-state index in [0.29, 0.717) is 6.10 Å². The van der Waals surface area contributed by atoms with Crippen LogP contribution in [0, 0.1) is 0 Å². The molecule has 80 valence electrons. The summed E-state index contributed by atoms with van der Waals surface area (Å²) in [5, 5.41) is 0. The van der Waals surface area contributed by atoms with Crippen LogP contribution in [0.1, 0.15) is 5.56 Å². The predicted molar refractivity (Wildman–Crippen MR) is 63.4 cm³/mol. The molecule has 1 aliphatic heterocycles. The zero-order chi connectivity index (χ0) is 10.5. The van der Waals surface area contributed by atoms with E-state index < -0.39 is 0 Å². The SMILES string of the molecule is [SnH][CH2]C1CN(Cc2ccccc2)CCO1. The Morgan fingerprint density at radius 2 is 2.13 bits per heavy atom. The molecule has 0 amide bonds. The van der Waals surface area contributed by atoms with Gasteiger partial charge in [0.1, 0.15) is 0 Å². The molecule has 2 radical (unpaired) electrons. The first-order chi connectivity index (χ1) is 7.38. The van der Waals surface area contributed by atoms with Gasteiger partial charge >= 0.3 is 105 Å². The third-order valence-electron chi connectivity index (χ3n) is 2.73. The fraction of sp³-hybridized carbons (Fsp3) is 0.500. The molecule has 2 rings (SSSR count). The molecule has 1 unspecified atom stereocenters. The first kappa shape index (κ1) is 11.4. The monoisotopic (exact) mass is 311 g/mol. The van der Waals surface area contributed by atoms with Crippen molar-refractivity contribution in [1.29, 1.82) is 0 Å². The number of benzene rings is 1. The van der Waals surface area contributed by atoms with E-state index >= 15 is 0 Å². The minimum atomic E-state index is 0.491. The molecule has 0 bridgehead atoms. The van der Waals surface area contributed by atoms with E-state index in [0.717, 1.165) is 26.2 Å². The summed E-state index contributed by atoms with van der Waals surface area (Å²) in [7, 11) is 0. The van der Waals surface area contributed by atoms with E-state index in [1.54, 1.807) is 0 Å². The molecule has 0 N–H and O–H groups in total. The van der Waals surface area contributed by atoms with Gasteiger partial charge in [0.15, 0.2) is 0 Å². The van der Waals surface area contributed by atoms with Crippen LogP contribution in [0.4, 0.5) is 0 Å². The van der Waals surface area contributed by atoms with Gasteiger partial charge in [0.25, 0.3) is 0 Å². The predicted octanol–water partition coefficient (Wildman–Crippen LogP) is 1.21. The van der Waals surface area contributed by atoms with Crippen LogP contribution in [0.25, 0.3) is 0 Å². The van der Waals surface area contributed by atoms with Gasteiger partial charge < -0.3 is 0 Å². The van der Waals surface area contributed by atoms with Gasteiger partial charge in [0.2, 0.25) is 0 Å². The van der Waals surface area contributed by atoms with Crippen LogP contribution in [0.3, 0.4) is 0 Å². The third-order valence-corrected chi connectivity index (χ3v) is 4.24. The Hall–Kier alpha value is -0.0613. The molecule has 1 saturated heterocycles. The van der Waals surface area contributed by atoms with Crippen LogP contribution >= 0.6 is 0 Å². The molecule has 1 heterocycles. The number of hydrogen-bond acceptors (Lipinski definition) is 2. The first-order valence-corrected chi connectivity index (χ1v) is 7.79. The van der Waals surface area contributed by atoms with Gasteiger partial charge in [-0.1, -0.05) is 0 Å². The summed E-state index contributed by atoms with van der Waals surface area (Å²) in [6.07, 6.45) is 0.491. The van der Waals surface area contributed by atoms with Gasteiger partial charge in [0.05, 0.1) is 0 Å². The van der Waals surface area contributed by atoms with Crippen molar-refractivity contribution >= 4 is 22.5 Å². The van der Waals surface area contributed by atoms with Crippen LogP contribution in [0.15, 0.2) is 30.3 Å². The van der Waals surface area contributed by atoms with Gasteiger partial charge in [-0.05, 0) is 0 Å². The van der Waals surface area contributed by atoms with Crippen molar-refractivity contribution in [3.63, 3.8) is 0 Å². The number of rotatable bonds is 3. The number of hydrogen-bond donors (Lipinski definition) is 0. The number of ether oxygens (including phenoxy) is 1. The van der Waals surface area contributed by atoms with Crippen molar-refractivity contribution in [1.82, 2.24) is 4.90 Å². The molecule has 0 spiro atoms. The molecule has 1 aromatic rings. The van der Waals surface area contributed by atoms with Gasteiger partial charge in [0, 0.05) is 0 Å². The average Bonchev–Trinajstić information content (AvgIpc) is 2.31. The molecule has 2 nitrogen and oxygen atoms in total. The molecular formula is C12H17NOSn. The molecule has 1 fully saturated rings. The average molecular weight is 310 g/mol. The summed E-state index contributed by atoms with van der Waals surface area (Å²) in [4.78, 5) is 2.50. The second-order valence-electron chi connectivity index (χ2n) is 3.95. The molecule has 1 aromatic carbocycles. The summed E-state index contributed by atoms with van der Waals surface area (Å²) >= 11 is 1.30. The minimum absolute atomic E-state index is 0.491. The van der Waals surface area contributed by atoms with E-state index in [-0.39, 0.29) is 0 Å². The van der Waals surface area contributed by atoms with Crippen LogP contribution in [0.2, 0.25) is 4.44 Å². The Bertz CT molecular complexity index is 291. The van der Waals surface area contributed by atoms with Crippen molar-refractivity contribution in [3.8, 4) is 0 Å². The van der Waals surface area contributed by atoms with Gasteiger partial charge in [-0.2, -0.15) is 0 Å². The Morgan fingerprint density at radius 3 is 2.87 bits per heavy atom. The van der Waals surface area contributed by atoms with Crippen LogP contribution in [-0.4, -0.2) is 53.2 Å². The fourth-order valence-electron chi connectivity index (χ4n) is 1.91.